The van der Waals surface area contributed by atoms with Crippen molar-refractivity contribution in [1.29, 1.82) is 0 Å². The lowest BCUT2D eigenvalue weighted by molar-refractivity contribution is -0.130. The van der Waals surface area contributed by atoms with Crippen LogP contribution in [-0.2, 0) is 11.2 Å². The maximum Gasteiger partial charge on any atom is 0.222 e. The molecule has 108 valence electrons. The van der Waals surface area contributed by atoms with Crippen LogP contribution >= 0.6 is 23.7 Å². The van der Waals surface area contributed by atoms with E-state index in [-0.39, 0.29) is 17.8 Å². The molecule has 1 aromatic rings. The predicted octanol–water partition coefficient (Wildman–Crippen LogP) is 2.69. The molecular weight excluding hydrogens is 280 g/mol. The fraction of sp³-hybridized carbons (Fsp3) is 0.643. The number of rotatable bonds is 5. The SMILES string of the molecule is CC1(CN)CCN(C(=O)CCCc2cccs2)C1.Cl. The number of carbonyl (C=O) groups is 1. The molecule has 1 fully saturated rings. The highest BCUT2D eigenvalue weighted by atomic mass is 35.5. The molecule has 1 aromatic heterocycles. The highest BCUT2D eigenvalue weighted by molar-refractivity contribution is 7.09. The second-order valence-electron chi connectivity index (χ2n) is 5.51. The van der Waals surface area contributed by atoms with E-state index in [9.17, 15) is 4.79 Å². The minimum atomic E-state index is 0. The molecule has 0 aliphatic carbocycles. The number of amides is 1. The van der Waals surface area contributed by atoms with Crippen molar-refractivity contribution in [1.82, 2.24) is 4.90 Å². The lowest BCUT2D eigenvalue weighted by Crippen LogP contribution is -2.34. The number of hydrogen-bond donors (Lipinski definition) is 1. The molecule has 0 saturated carbocycles. The zero-order valence-electron chi connectivity index (χ0n) is 11.4. The van der Waals surface area contributed by atoms with Crippen molar-refractivity contribution in [2.75, 3.05) is 19.6 Å². The molecule has 1 unspecified atom stereocenters. The molecule has 2 heterocycles. The van der Waals surface area contributed by atoms with E-state index in [4.69, 9.17) is 5.73 Å². The number of nitrogens with zero attached hydrogens (tertiary/aromatic N) is 1. The maximum absolute atomic E-state index is 12.1. The van der Waals surface area contributed by atoms with E-state index in [1.54, 1.807) is 11.3 Å². The smallest absolute Gasteiger partial charge is 0.222 e. The molecule has 0 bridgehead atoms. The zero-order chi connectivity index (χ0) is 13.0. The molecule has 2 rings (SSSR count). The molecule has 1 amide bonds. The van der Waals surface area contributed by atoms with E-state index in [1.807, 2.05) is 4.90 Å². The maximum atomic E-state index is 12.1. The third-order valence-corrected chi connectivity index (χ3v) is 4.73. The molecule has 5 heteroatoms. The largest absolute Gasteiger partial charge is 0.342 e. The van der Waals surface area contributed by atoms with Gasteiger partial charge < -0.3 is 10.6 Å². The van der Waals surface area contributed by atoms with Crippen molar-refractivity contribution < 1.29 is 4.79 Å². The van der Waals surface area contributed by atoms with Gasteiger partial charge in [-0.2, -0.15) is 0 Å². The Morgan fingerprint density at radius 2 is 2.37 bits per heavy atom. The lowest BCUT2D eigenvalue weighted by Gasteiger charge is -2.22. The number of carbonyl (C=O) groups excluding carboxylic acids is 1. The first-order valence-electron chi connectivity index (χ1n) is 6.63. The van der Waals surface area contributed by atoms with Crippen LogP contribution in [0.15, 0.2) is 17.5 Å². The Morgan fingerprint density at radius 1 is 1.58 bits per heavy atom. The van der Waals surface area contributed by atoms with Gasteiger partial charge in [0.2, 0.25) is 5.91 Å². The number of nitrogens with two attached hydrogens (primary N) is 1. The van der Waals surface area contributed by atoms with Gasteiger partial charge in [0.1, 0.15) is 0 Å². The van der Waals surface area contributed by atoms with Crippen molar-refractivity contribution >= 4 is 29.7 Å². The van der Waals surface area contributed by atoms with Crippen LogP contribution in [0.2, 0.25) is 0 Å². The zero-order valence-corrected chi connectivity index (χ0v) is 13.1. The van der Waals surface area contributed by atoms with Crippen LogP contribution in [0.1, 0.15) is 31.1 Å². The average Bonchev–Trinajstić information content (AvgIpc) is 2.99. The van der Waals surface area contributed by atoms with Crippen molar-refractivity contribution in [2.24, 2.45) is 11.1 Å². The van der Waals surface area contributed by atoms with Gasteiger partial charge in [0.05, 0.1) is 0 Å². The molecule has 1 aliphatic heterocycles. The molecule has 0 aromatic carbocycles. The van der Waals surface area contributed by atoms with Crippen molar-refractivity contribution in [3.05, 3.63) is 22.4 Å². The Labute approximate surface area is 125 Å². The normalized spacial score (nSPS) is 22.3. The van der Waals surface area contributed by atoms with Gasteiger partial charge in [-0.3, -0.25) is 4.79 Å². The first kappa shape index (κ1) is 16.5. The molecule has 0 radical (unpaired) electrons. The van der Waals surface area contributed by atoms with E-state index >= 15 is 0 Å². The quantitative estimate of drug-likeness (QED) is 0.909. The molecule has 0 spiro atoms. The van der Waals surface area contributed by atoms with Crippen LogP contribution in [0.3, 0.4) is 0 Å². The number of likely N-dealkylation sites (tertiary alicyclic amines) is 1. The molecule has 19 heavy (non-hydrogen) atoms. The minimum absolute atomic E-state index is 0. The molecule has 1 saturated heterocycles. The second-order valence-corrected chi connectivity index (χ2v) is 6.55. The Balaban J connectivity index is 0.00000180. The van der Waals surface area contributed by atoms with E-state index in [0.29, 0.717) is 18.9 Å². The summed E-state index contributed by atoms with van der Waals surface area (Å²) in [5, 5.41) is 2.09. The molecule has 1 aliphatic rings. The minimum Gasteiger partial charge on any atom is -0.342 e. The average molecular weight is 303 g/mol. The van der Waals surface area contributed by atoms with Gasteiger partial charge >= 0.3 is 0 Å². The Morgan fingerprint density at radius 3 is 2.95 bits per heavy atom. The van der Waals surface area contributed by atoms with E-state index < -0.39 is 0 Å². The van der Waals surface area contributed by atoms with Crippen LogP contribution in [-0.4, -0.2) is 30.4 Å². The van der Waals surface area contributed by atoms with Gasteiger partial charge in [0.15, 0.2) is 0 Å². The van der Waals surface area contributed by atoms with Crippen LogP contribution in [0.4, 0.5) is 0 Å². The summed E-state index contributed by atoms with van der Waals surface area (Å²) in [6.07, 6.45) is 3.68. The van der Waals surface area contributed by atoms with E-state index in [0.717, 1.165) is 32.4 Å². The topological polar surface area (TPSA) is 46.3 Å². The standard InChI is InChI=1S/C14H22N2OS.ClH/c1-14(10-15)7-8-16(11-14)13(17)6-2-4-12-5-3-9-18-12;/h3,5,9H,2,4,6-8,10-11,15H2,1H3;1H. The molecule has 1 atom stereocenters. The first-order valence-corrected chi connectivity index (χ1v) is 7.51. The van der Waals surface area contributed by atoms with Gasteiger partial charge in [-0.25, -0.2) is 0 Å². The molecule has 3 nitrogen and oxygen atoms in total. The Kier molecular flexibility index (Phi) is 6.30. The monoisotopic (exact) mass is 302 g/mol. The predicted molar refractivity (Wildman–Crippen MR) is 82.9 cm³/mol. The number of aryl methyl sites for hydroxylation is 1. The van der Waals surface area contributed by atoms with Gasteiger partial charge in [-0.1, -0.05) is 13.0 Å². The Bertz CT molecular complexity index is 396. The van der Waals surface area contributed by atoms with Crippen molar-refractivity contribution in [2.45, 2.75) is 32.6 Å². The number of halogens is 1. The van der Waals surface area contributed by atoms with Crippen LogP contribution in [0, 0.1) is 5.41 Å². The lowest BCUT2D eigenvalue weighted by atomic mass is 9.90. The summed E-state index contributed by atoms with van der Waals surface area (Å²) in [5.41, 5.74) is 5.90. The fourth-order valence-corrected chi connectivity index (χ4v) is 3.18. The molecule has 2 N–H and O–H groups in total. The number of hydrogen-bond acceptors (Lipinski definition) is 3. The number of thiophene rings is 1. The van der Waals surface area contributed by atoms with Crippen molar-refractivity contribution in [3.8, 4) is 0 Å². The Hall–Kier alpha value is -0.580. The fourth-order valence-electron chi connectivity index (χ4n) is 2.43. The van der Waals surface area contributed by atoms with Crippen molar-refractivity contribution in [3.63, 3.8) is 0 Å². The summed E-state index contributed by atoms with van der Waals surface area (Å²) in [6.45, 7) is 4.56. The summed E-state index contributed by atoms with van der Waals surface area (Å²) >= 11 is 1.77. The highest BCUT2D eigenvalue weighted by Crippen LogP contribution is 2.29. The van der Waals surface area contributed by atoms with Gasteiger partial charge in [-0.05, 0) is 42.7 Å². The second kappa shape index (κ2) is 7.27. The van der Waals surface area contributed by atoms with Gasteiger partial charge in [0, 0.05) is 24.4 Å². The van der Waals surface area contributed by atoms with Gasteiger partial charge in [0.25, 0.3) is 0 Å². The summed E-state index contributed by atoms with van der Waals surface area (Å²) in [6, 6.07) is 4.20. The summed E-state index contributed by atoms with van der Waals surface area (Å²) in [5.74, 6) is 0.295. The van der Waals surface area contributed by atoms with E-state index in [2.05, 4.69) is 24.4 Å². The van der Waals surface area contributed by atoms with Crippen LogP contribution < -0.4 is 5.73 Å². The first-order chi connectivity index (χ1) is 8.63. The van der Waals surface area contributed by atoms with Crippen LogP contribution in [0.5, 0.6) is 0 Å². The summed E-state index contributed by atoms with van der Waals surface area (Å²) in [7, 11) is 0. The van der Waals surface area contributed by atoms with Crippen LogP contribution in [0.25, 0.3) is 0 Å². The summed E-state index contributed by atoms with van der Waals surface area (Å²) < 4.78 is 0. The third-order valence-electron chi connectivity index (χ3n) is 3.80. The van der Waals surface area contributed by atoms with Gasteiger partial charge in [-0.15, -0.1) is 23.7 Å². The van der Waals surface area contributed by atoms with E-state index in [1.165, 1.54) is 4.88 Å². The summed E-state index contributed by atoms with van der Waals surface area (Å²) in [4.78, 5) is 15.4. The highest BCUT2D eigenvalue weighted by Gasteiger charge is 2.34. The third kappa shape index (κ3) is 4.48. The molecular formula is C14H23ClN2OS.